The maximum atomic E-state index is 13.0. The number of hydrogen-bond donors (Lipinski definition) is 1. The molecule has 1 aliphatic carbocycles. The molecule has 0 bridgehead atoms. The first-order valence-corrected chi connectivity index (χ1v) is 11.6. The van der Waals surface area contributed by atoms with Crippen LogP contribution >= 0.6 is 0 Å². The van der Waals surface area contributed by atoms with E-state index in [2.05, 4.69) is 0 Å². The molecule has 1 N–H and O–H groups in total. The fourth-order valence-corrected chi connectivity index (χ4v) is 5.38. The molecule has 1 aromatic carbocycles. The Morgan fingerprint density at radius 2 is 1.74 bits per heavy atom. The molecule has 31 heavy (non-hydrogen) atoms. The molecule has 0 spiro atoms. The smallest absolute Gasteiger partial charge is 0.405 e. The zero-order valence-corrected chi connectivity index (χ0v) is 17.7. The van der Waals surface area contributed by atoms with Crippen molar-refractivity contribution in [2.75, 3.05) is 26.2 Å². The number of nitrogens with zero attached hydrogens (tertiary/aromatic N) is 1. The molecule has 1 fully saturated rings. The van der Waals surface area contributed by atoms with E-state index in [0.717, 1.165) is 31.2 Å². The number of aryl methyl sites for hydroxylation is 2. The topological polar surface area (TPSA) is 92.8 Å². The summed E-state index contributed by atoms with van der Waals surface area (Å²) in [5.41, 5.74) is 2.25. The highest BCUT2D eigenvalue weighted by Gasteiger charge is 2.33. The fraction of sp³-hybridized carbons (Fsp3) is 0.600. The predicted octanol–water partition coefficient (Wildman–Crippen LogP) is 2.19. The van der Waals surface area contributed by atoms with Crippen LogP contribution in [0.15, 0.2) is 23.1 Å². The Bertz CT molecular complexity index is 925. The van der Waals surface area contributed by atoms with Crippen LogP contribution < -0.4 is 5.32 Å². The maximum Gasteiger partial charge on any atom is 0.405 e. The van der Waals surface area contributed by atoms with Crippen molar-refractivity contribution < 1.29 is 35.9 Å². The second kappa shape index (κ2) is 9.56. The normalized spacial score (nSPS) is 18.3. The maximum absolute atomic E-state index is 13.0. The number of carbonyl (C=O) groups excluding carboxylic acids is 2. The summed E-state index contributed by atoms with van der Waals surface area (Å²) in [6.07, 6.45) is -0.151. The van der Waals surface area contributed by atoms with E-state index < -0.39 is 47.1 Å². The Kier molecular flexibility index (Phi) is 7.25. The summed E-state index contributed by atoms with van der Waals surface area (Å²) < 4.78 is 68.3. The van der Waals surface area contributed by atoms with Gasteiger partial charge in [-0.05, 0) is 61.8 Å². The van der Waals surface area contributed by atoms with E-state index >= 15 is 0 Å². The van der Waals surface area contributed by atoms with Crippen LogP contribution in [0.1, 0.15) is 36.8 Å². The van der Waals surface area contributed by atoms with Crippen LogP contribution in [-0.4, -0.2) is 57.0 Å². The zero-order chi connectivity index (χ0) is 22.6. The van der Waals surface area contributed by atoms with E-state index in [9.17, 15) is 31.2 Å². The average molecular weight is 462 g/mol. The van der Waals surface area contributed by atoms with Crippen LogP contribution in [0.4, 0.5) is 13.2 Å². The van der Waals surface area contributed by atoms with Gasteiger partial charge in [-0.1, -0.05) is 6.07 Å². The lowest BCUT2D eigenvalue weighted by Crippen LogP contribution is -2.41. The number of piperidine rings is 1. The number of nitrogens with one attached hydrogen (secondary N) is 1. The standard InChI is InChI=1S/C20H25F3N2O5S/c21-20(22,23)13-24-18(26)12-30-19(27)15-7-9-25(10-8-15)31(28,29)17-6-5-14-3-1-2-4-16(14)11-17/h5-6,11,15H,1-4,7-10,12-13H2,(H,24,26). The Balaban J connectivity index is 1.50. The molecule has 1 aromatic rings. The highest BCUT2D eigenvalue weighted by Crippen LogP contribution is 2.28. The molecule has 0 saturated carbocycles. The molecular formula is C20H25F3N2O5S. The lowest BCUT2D eigenvalue weighted by Gasteiger charge is -2.30. The monoisotopic (exact) mass is 462 g/mol. The predicted molar refractivity (Wildman–Crippen MR) is 105 cm³/mol. The van der Waals surface area contributed by atoms with Gasteiger partial charge in [-0.25, -0.2) is 8.42 Å². The van der Waals surface area contributed by atoms with E-state index in [-0.39, 0.29) is 30.8 Å². The van der Waals surface area contributed by atoms with Gasteiger partial charge in [0.2, 0.25) is 10.0 Å². The minimum Gasteiger partial charge on any atom is -0.455 e. The molecule has 1 heterocycles. The Labute approximate surface area is 179 Å². The Morgan fingerprint density at radius 1 is 1.10 bits per heavy atom. The average Bonchev–Trinajstić information content (AvgIpc) is 2.75. The van der Waals surface area contributed by atoms with E-state index in [1.54, 1.807) is 17.4 Å². The van der Waals surface area contributed by atoms with Gasteiger partial charge in [0.1, 0.15) is 6.54 Å². The van der Waals surface area contributed by atoms with Crippen LogP contribution in [0.2, 0.25) is 0 Å². The largest absolute Gasteiger partial charge is 0.455 e. The van der Waals surface area contributed by atoms with E-state index in [1.165, 1.54) is 9.87 Å². The molecule has 11 heteroatoms. The van der Waals surface area contributed by atoms with Crippen molar-refractivity contribution in [2.45, 2.75) is 49.6 Å². The molecule has 0 unspecified atom stereocenters. The zero-order valence-electron chi connectivity index (χ0n) is 16.9. The number of carbonyl (C=O) groups is 2. The lowest BCUT2D eigenvalue weighted by molar-refractivity contribution is -0.155. The summed E-state index contributed by atoms with van der Waals surface area (Å²) >= 11 is 0. The van der Waals surface area contributed by atoms with Gasteiger partial charge in [0.05, 0.1) is 10.8 Å². The van der Waals surface area contributed by atoms with Crippen LogP contribution in [0.25, 0.3) is 0 Å². The van der Waals surface area contributed by atoms with Crippen molar-refractivity contribution in [3.63, 3.8) is 0 Å². The minimum atomic E-state index is -4.55. The number of rotatable bonds is 6. The van der Waals surface area contributed by atoms with Gasteiger partial charge in [-0.15, -0.1) is 0 Å². The number of fused-ring (bicyclic) bond motifs is 1. The SMILES string of the molecule is O=C(COC(=O)C1CCN(S(=O)(=O)c2ccc3c(c2)CCCC3)CC1)NCC(F)(F)F. The molecule has 1 aliphatic heterocycles. The summed E-state index contributed by atoms with van der Waals surface area (Å²) in [5.74, 6) is -2.36. The third kappa shape index (κ3) is 6.19. The van der Waals surface area contributed by atoms with Gasteiger partial charge in [0.25, 0.3) is 5.91 Å². The summed E-state index contributed by atoms with van der Waals surface area (Å²) in [6, 6.07) is 5.23. The summed E-state index contributed by atoms with van der Waals surface area (Å²) in [7, 11) is -3.68. The van der Waals surface area contributed by atoms with Gasteiger partial charge in [0, 0.05) is 13.1 Å². The van der Waals surface area contributed by atoms with E-state index in [4.69, 9.17) is 4.74 Å². The molecule has 0 aromatic heterocycles. The first-order valence-electron chi connectivity index (χ1n) is 10.2. The van der Waals surface area contributed by atoms with Crippen molar-refractivity contribution in [1.82, 2.24) is 9.62 Å². The lowest BCUT2D eigenvalue weighted by atomic mass is 9.92. The van der Waals surface area contributed by atoms with Crippen molar-refractivity contribution >= 4 is 21.9 Å². The van der Waals surface area contributed by atoms with Gasteiger partial charge >= 0.3 is 12.1 Å². The van der Waals surface area contributed by atoms with Crippen molar-refractivity contribution in [1.29, 1.82) is 0 Å². The highest BCUT2D eigenvalue weighted by atomic mass is 32.2. The van der Waals surface area contributed by atoms with Gasteiger partial charge in [0.15, 0.2) is 6.61 Å². The number of esters is 1. The number of amides is 1. The second-order valence-corrected chi connectivity index (χ2v) is 9.75. The molecule has 0 atom stereocenters. The van der Waals surface area contributed by atoms with Crippen LogP contribution in [-0.2, 0) is 37.2 Å². The fourth-order valence-electron chi connectivity index (χ4n) is 3.86. The van der Waals surface area contributed by atoms with Crippen molar-refractivity contribution in [3.8, 4) is 0 Å². The Hall–Kier alpha value is -2.14. The number of alkyl halides is 3. The van der Waals surface area contributed by atoms with Crippen LogP contribution in [0.5, 0.6) is 0 Å². The number of ether oxygens (including phenoxy) is 1. The summed E-state index contributed by atoms with van der Waals surface area (Å²) in [4.78, 5) is 23.7. The van der Waals surface area contributed by atoms with Crippen molar-refractivity contribution in [3.05, 3.63) is 29.3 Å². The number of sulfonamides is 1. The Morgan fingerprint density at radius 3 is 2.39 bits per heavy atom. The van der Waals surface area contributed by atoms with Gasteiger partial charge in [-0.2, -0.15) is 17.5 Å². The third-order valence-corrected chi connectivity index (χ3v) is 7.47. The molecule has 3 rings (SSSR count). The first-order chi connectivity index (χ1) is 14.6. The van der Waals surface area contributed by atoms with Gasteiger partial charge < -0.3 is 10.1 Å². The van der Waals surface area contributed by atoms with Crippen molar-refractivity contribution in [2.24, 2.45) is 5.92 Å². The molecule has 1 amide bonds. The molecular weight excluding hydrogens is 437 g/mol. The molecule has 7 nitrogen and oxygen atoms in total. The summed E-state index contributed by atoms with van der Waals surface area (Å²) in [6.45, 7) is -2.05. The third-order valence-electron chi connectivity index (χ3n) is 5.58. The van der Waals surface area contributed by atoms with E-state index in [0.29, 0.717) is 0 Å². The second-order valence-electron chi connectivity index (χ2n) is 7.82. The minimum absolute atomic E-state index is 0.124. The number of hydrogen-bond acceptors (Lipinski definition) is 5. The number of halogens is 3. The van der Waals surface area contributed by atoms with Crippen LogP contribution in [0, 0.1) is 5.92 Å². The molecule has 2 aliphatic rings. The number of benzene rings is 1. The quantitative estimate of drug-likeness (QED) is 0.655. The first kappa shape index (κ1) is 23.5. The summed E-state index contributed by atoms with van der Waals surface area (Å²) in [5, 5.41) is 1.62. The molecule has 172 valence electrons. The molecule has 1 saturated heterocycles. The highest BCUT2D eigenvalue weighted by molar-refractivity contribution is 7.89. The molecule has 0 radical (unpaired) electrons. The van der Waals surface area contributed by atoms with Gasteiger partial charge in [-0.3, -0.25) is 9.59 Å². The van der Waals surface area contributed by atoms with E-state index in [1.807, 2.05) is 6.07 Å². The van der Waals surface area contributed by atoms with Crippen LogP contribution in [0.3, 0.4) is 0 Å².